The average Bonchev–Trinajstić information content (AvgIpc) is 2.78. The van der Waals surface area contributed by atoms with Crippen molar-refractivity contribution in [2.45, 2.75) is 195 Å². The molecule has 0 saturated heterocycles. The SMILES string of the molecule is CCCCCCCCCCCCCCCC(C)CC(C)CCCCCCCCCCCC. The Morgan fingerprint density at radius 3 is 0.781 bits per heavy atom. The molecule has 0 spiro atoms. The Kier molecular flexibility index (Phi) is 27.2. The molecule has 0 aromatic heterocycles. The van der Waals surface area contributed by atoms with Crippen LogP contribution >= 0.6 is 0 Å². The summed E-state index contributed by atoms with van der Waals surface area (Å²) in [6.07, 6.45) is 38.1. The lowest BCUT2D eigenvalue weighted by atomic mass is 9.89. The molecule has 0 aliphatic carbocycles. The van der Waals surface area contributed by atoms with Crippen LogP contribution in [0.15, 0.2) is 0 Å². The van der Waals surface area contributed by atoms with Crippen molar-refractivity contribution < 1.29 is 0 Å². The Hall–Kier alpha value is 0. The zero-order valence-corrected chi connectivity index (χ0v) is 23.5. The van der Waals surface area contributed by atoms with Gasteiger partial charge in [0, 0.05) is 0 Å². The van der Waals surface area contributed by atoms with Gasteiger partial charge in [0.05, 0.1) is 0 Å². The van der Waals surface area contributed by atoms with Crippen molar-refractivity contribution >= 4 is 0 Å². The molecule has 194 valence electrons. The zero-order valence-electron chi connectivity index (χ0n) is 23.5. The van der Waals surface area contributed by atoms with E-state index in [4.69, 9.17) is 0 Å². The van der Waals surface area contributed by atoms with E-state index in [1.165, 1.54) is 167 Å². The van der Waals surface area contributed by atoms with Crippen molar-refractivity contribution in [1.29, 1.82) is 0 Å². The largest absolute Gasteiger partial charge is 0.0654 e. The molecule has 0 aromatic rings. The monoisotopic (exact) mass is 451 g/mol. The molecular weight excluding hydrogens is 384 g/mol. The van der Waals surface area contributed by atoms with Gasteiger partial charge in [-0.05, 0) is 18.3 Å². The fourth-order valence-electron chi connectivity index (χ4n) is 5.41. The summed E-state index contributed by atoms with van der Waals surface area (Å²) in [5.41, 5.74) is 0. The maximum atomic E-state index is 2.51. The molecule has 0 saturated carbocycles. The third-order valence-corrected chi connectivity index (χ3v) is 7.66. The van der Waals surface area contributed by atoms with Gasteiger partial charge in [-0.15, -0.1) is 0 Å². The molecule has 0 rings (SSSR count). The Labute approximate surface area is 206 Å². The van der Waals surface area contributed by atoms with E-state index in [1.807, 2.05) is 0 Å². The van der Waals surface area contributed by atoms with E-state index in [1.54, 1.807) is 0 Å². The summed E-state index contributed by atoms with van der Waals surface area (Å²) in [7, 11) is 0. The van der Waals surface area contributed by atoms with Crippen molar-refractivity contribution in [3.63, 3.8) is 0 Å². The molecule has 0 amide bonds. The second-order valence-corrected chi connectivity index (χ2v) is 11.4. The summed E-state index contributed by atoms with van der Waals surface area (Å²) in [6, 6.07) is 0. The van der Waals surface area contributed by atoms with Crippen LogP contribution in [0.2, 0.25) is 0 Å². The average molecular weight is 451 g/mol. The van der Waals surface area contributed by atoms with Gasteiger partial charge in [0.2, 0.25) is 0 Å². The molecule has 0 nitrogen and oxygen atoms in total. The minimum absolute atomic E-state index is 0.945. The van der Waals surface area contributed by atoms with Gasteiger partial charge in [-0.25, -0.2) is 0 Å². The van der Waals surface area contributed by atoms with E-state index < -0.39 is 0 Å². The lowest BCUT2D eigenvalue weighted by Crippen LogP contribution is -2.03. The van der Waals surface area contributed by atoms with Crippen molar-refractivity contribution in [2.24, 2.45) is 11.8 Å². The number of hydrogen-bond acceptors (Lipinski definition) is 0. The van der Waals surface area contributed by atoms with Crippen LogP contribution in [0.4, 0.5) is 0 Å². The first-order chi connectivity index (χ1) is 15.7. The van der Waals surface area contributed by atoms with Gasteiger partial charge in [-0.3, -0.25) is 0 Å². The van der Waals surface area contributed by atoms with Gasteiger partial charge >= 0.3 is 0 Å². The minimum atomic E-state index is 0.945. The van der Waals surface area contributed by atoms with Crippen molar-refractivity contribution in [3.05, 3.63) is 0 Å². The molecule has 0 aliphatic heterocycles. The molecule has 2 atom stereocenters. The van der Waals surface area contributed by atoms with Crippen LogP contribution in [0.25, 0.3) is 0 Å². The van der Waals surface area contributed by atoms with E-state index in [9.17, 15) is 0 Å². The van der Waals surface area contributed by atoms with E-state index >= 15 is 0 Å². The number of unbranched alkanes of at least 4 members (excludes halogenated alkanes) is 21. The molecule has 0 aromatic carbocycles. The summed E-state index contributed by atoms with van der Waals surface area (Å²) < 4.78 is 0. The van der Waals surface area contributed by atoms with Crippen LogP contribution in [-0.2, 0) is 0 Å². The van der Waals surface area contributed by atoms with Crippen molar-refractivity contribution in [1.82, 2.24) is 0 Å². The smallest absolute Gasteiger partial charge is 0.0440 e. The first kappa shape index (κ1) is 32.0. The van der Waals surface area contributed by atoms with Crippen molar-refractivity contribution in [3.8, 4) is 0 Å². The van der Waals surface area contributed by atoms with Crippen molar-refractivity contribution in [2.75, 3.05) is 0 Å². The van der Waals surface area contributed by atoms with Crippen LogP contribution in [0.1, 0.15) is 195 Å². The highest BCUT2D eigenvalue weighted by Gasteiger charge is 2.08. The summed E-state index contributed by atoms with van der Waals surface area (Å²) >= 11 is 0. The normalized spacial score (nSPS) is 13.5. The Balaban J connectivity index is 3.28. The molecule has 0 N–H and O–H groups in total. The summed E-state index contributed by atoms with van der Waals surface area (Å²) in [4.78, 5) is 0. The topological polar surface area (TPSA) is 0 Å². The molecule has 0 heteroatoms. The molecule has 0 aliphatic rings. The van der Waals surface area contributed by atoms with Gasteiger partial charge in [0.25, 0.3) is 0 Å². The van der Waals surface area contributed by atoms with Crippen LogP contribution in [0.3, 0.4) is 0 Å². The Morgan fingerprint density at radius 1 is 0.312 bits per heavy atom. The van der Waals surface area contributed by atoms with Crippen LogP contribution in [-0.4, -0.2) is 0 Å². The lowest BCUT2D eigenvalue weighted by Gasteiger charge is -2.17. The fraction of sp³-hybridized carbons (Fsp3) is 1.00. The highest BCUT2D eigenvalue weighted by molar-refractivity contribution is 4.61. The highest BCUT2D eigenvalue weighted by Crippen LogP contribution is 2.23. The second-order valence-electron chi connectivity index (χ2n) is 11.4. The molecule has 0 radical (unpaired) electrons. The molecule has 0 heterocycles. The first-order valence-electron chi connectivity index (χ1n) is 15.7. The van der Waals surface area contributed by atoms with Gasteiger partial charge in [0.1, 0.15) is 0 Å². The van der Waals surface area contributed by atoms with Crippen LogP contribution < -0.4 is 0 Å². The van der Waals surface area contributed by atoms with E-state index in [0.717, 1.165) is 11.8 Å². The lowest BCUT2D eigenvalue weighted by molar-refractivity contribution is 0.356. The molecule has 32 heavy (non-hydrogen) atoms. The van der Waals surface area contributed by atoms with Crippen LogP contribution in [0.5, 0.6) is 0 Å². The number of hydrogen-bond donors (Lipinski definition) is 0. The zero-order chi connectivity index (χ0) is 23.5. The van der Waals surface area contributed by atoms with E-state index in [2.05, 4.69) is 27.7 Å². The first-order valence-corrected chi connectivity index (χ1v) is 15.7. The quantitative estimate of drug-likeness (QED) is 0.109. The third kappa shape index (κ3) is 26.3. The maximum Gasteiger partial charge on any atom is -0.0440 e. The van der Waals surface area contributed by atoms with Gasteiger partial charge in [-0.1, -0.05) is 188 Å². The summed E-state index contributed by atoms with van der Waals surface area (Å²) in [5, 5.41) is 0. The second kappa shape index (κ2) is 27.2. The van der Waals surface area contributed by atoms with Gasteiger partial charge < -0.3 is 0 Å². The number of rotatable bonds is 27. The molecule has 0 bridgehead atoms. The minimum Gasteiger partial charge on any atom is -0.0654 e. The standard InChI is InChI=1S/C32H66/c1-5-7-9-11-13-15-17-18-19-21-23-25-27-29-32(4)30-31(3)28-26-24-22-20-16-14-12-10-8-6-2/h31-32H,5-30H2,1-4H3. The van der Waals surface area contributed by atoms with Crippen LogP contribution in [0, 0.1) is 11.8 Å². The maximum absolute atomic E-state index is 2.51. The fourth-order valence-corrected chi connectivity index (χ4v) is 5.41. The Bertz CT molecular complexity index is 320. The Morgan fingerprint density at radius 2 is 0.531 bits per heavy atom. The summed E-state index contributed by atoms with van der Waals surface area (Å²) in [6.45, 7) is 9.63. The predicted octanol–water partition coefficient (Wildman–Crippen LogP) is 12.4. The molecule has 2 unspecified atom stereocenters. The third-order valence-electron chi connectivity index (χ3n) is 7.66. The molecular formula is C32H66. The summed E-state index contributed by atoms with van der Waals surface area (Å²) in [5.74, 6) is 1.89. The van der Waals surface area contributed by atoms with Gasteiger partial charge in [-0.2, -0.15) is 0 Å². The highest BCUT2D eigenvalue weighted by atomic mass is 14.1. The van der Waals surface area contributed by atoms with E-state index in [-0.39, 0.29) is 0 Å². The molecule has 0 fully saturated rings. The van der Waals surface area contributed by atoms with Gasteiger partial charge in [0.15, 0.2) is 0 Å². The predicted molar refractivity (Wildman–Crippen MR) is 150 cm³/mol. The van der Waals surface area contributed by atoms with E-state index in [0.29, 0.717) is 0 Å².